The Hall–Kier alpha value is -4.31. The number of aryl methyl sites for hydroxylation is 1. The second-order valence-electron chi connectivity index (χ2n) is 7.87. The smallest absolute Gasteiger partial charge is 0.251 e. The van der Waals surface area contributed by atoms with Gasteiger partial charge in [-0.3, -0.25) is 9.59 Å². The molecule has 0 saturated heterocycles. The highest BCUT2D eigenvalue weighted by Gasteiger charge is 2.14. The summed E-state index contributed by atoms with van der Waals surface area (Å²) in [6.07, 6.45) is 0. The van der Waals surface area contributed by atoms with Crippen molar-refractivity contribution >= 4 is 40.6 Å². The van der Waals surface area contributed by atoms with E-state index in [9.17, 15) is 9.59 Å². The van der Waals surface area contributed by atoms with Gasteiger partial charge in [0.05, 0.1) is 23.7 Å². The predicted molar refractivity (Wildman–Crippen MR) is 140 cm³/mol. The fraction of sp³-hybridized carbons (Fsp3) is 0.154. The standard InChI is InChI=1S/C26H25N7O2S/c1-18-8-6-7-11-22(18)25(35)27-16-23-31-32-26(33(23)2)36-17-24(34)28-19-12-14-21(15-13-19)30-29-20-9-4-3-5-10-20/h3-15H,16-17H2,1-2H3,(H,27,35)(H,28,34). The number of carbonyl (C=O) groups excluding carboxylic acids is 2. The number of rotatable bonds is 9. The van der Waals surface area contributed by atoms with Crippen molar-refractivity contribution in [3.8, 4) is 0 Å². The van der Waals surface area contributed by atoms with Crippen LogP contribution in [0.4, 0.5) is 17.1 Å². The lowest BCUT2D eigenvalue weighted by Crippen LogP contribution is -2.25. The molecule has 1 aromatic heterocycles. The average Bonchev–Trinajstić information content (AvgIpc) is 3.25. The third-order valence-corrected chi connectivity index (χ3v) is 6.26. The molecule has 0 spiro atoms. The molecule has 3 aromatic carbocycles. The molecule has 0 unspecified atom stereocenters. The van der Waals surface area contributed by atoms with Gasteiger partial charge in [-0.05, 0) is 55.0 Å². The molecule has 0 fully saturated rings. The number of amides is 2. The van der Waals surface area contributed by atoms with Crippen LogP contribution in [0.5, 0.6) is 0 Å². The van der Waals surface area contributed by atoms with Crippen LogP contribution >= 0.6 is 11.8 Å². The van der Waals surface area contributed by atoms with Gasteiger partial charge in [-0.25, -0.2) is 0 Å². The minimum absolute atomic E-state index is 0.164. The molecule has 0 atom stereocenters. The van der Waals surface area contributed by atoms with Crippen LogP contribution in [0.2, 0.25) is 0 Å². The zero-order chi connectivity index (χ0) is 25.3. The van der Waals surface area contributed by atoms with Gasteiger partial charge in [-0.2, -0.15) is 10.2 Å². The van der Waals surface area contributed by atoms with E-state index in [2.05, 4.69) is 31.1 Å². The van der Waals surface area contributed by atoms with Crippen molar-refractivity contribution in [3.63, 3.8) is 0 Å². The fourth-order valence-corrected chi connectivity index (χ4v) is 3.99. The number of benzene rings is 3. The van der Waals surface area contributed by atoms with Crippen molar-refractivity contribution in [2.45, 2.75) is 18.6 Å². The summed E-state index contributed by atoms with van der Waals surface area (Å²) in [5, 5.41) is 23.0. The van der Waals surface area contributed by atoms with E-state index in [4.69, 9.17) is 0 Å². The van der Waals surface area contributed by atoms with Gasteiger partial charge >= 0.3 is 0 Å². The molecule has 10 heteroatoms. The molecule has 182 valence electrons. The first kappa shape index (κ1) is 24.8. The lowest BCUT2D eigenvalue weighted by Gasteiger charge is -2.08. The van der Waals surface area contributed by atoms with Crippen molar-refractivity contribution in [2.75, 3.05) is 11.1 Å². The van der Waals surface area contributed by atoms with Gasteiger partial charge in [0.1, 0.15) is 0 Å². The summed E-state index contributed by atoms with van der Waals surface area (Å²) in [6.45, 7) is 2.12. The van der Waals surface area contributed by atoms with Crippen LogP contribution in [0.25, 0.3) is 0 Å². The SMILES string of the molecule is Cc1ccccc1C(=O)NCc1nnc(SCC(=O)Nc2ccc(N=Nc3ccccc3)cc2)n1C. The van der Waals surface area contributed by atoms with Crippen molar-refractivity contribution in [2.24, 2.45) is 17.3 Å². The van der Waals surface area contributed by atoms with Gasteiger partial charge in [-0.1, -0.05) is 48.2 Å². The Kier molecular flexibility index (Phi) is 8.20. The highest BCUT2D eigenvalue weighted by Crippen LogP contribution is 2.21. The molecule has 0 bridgehead atoms. The third-order valence-electron chi connectivity index (χ3n) is 5.24. The fourth-order valence-electron chi connectivity index (χ4n) is 3.26. The van der Waals surface area contributed by atoms with E-state index in [-0.39, 0.29) is 24.1 Å². The van der Waals surface area contributed by atoms with Crippen LogP contribution in [-0.2, 0) is 18.4 Å². The van der Waals surface area contributed by atoms with Gasteiger partial charge in [0.15, 0.2) is 11.0 Å². The topological polar surface area (TPSA) is 114 Å². The van der Waals surface area contributed by atoms with E-state index >= 15 is 0 Å². The molecule has 2 N–H and O–H groups in total. The molecule has 1 heterocycles. The second kappa shape index (κ2) is 11.9. The van der Waals surface area contributed by atoms with Crippen molar-refractivity contribution in [3.05, 3.63) is 95.8 Å². The maximum atomic E-state index is 12.4. The summed E-state index contributed by atoms with van der Waals surface area (Å²) in [5.74, 6) is 0.421. The van der Waals surface area contributed by atoms with Crippen molar-refractivity contribution in [1.82, 2.24) is 20.1 Å². The molecule has 0 saturated carbocycles. The highest BCUT2D eigenvalue weighted by atomic mass is 32.2. The minimum atomic E-state index is -0.170. The summed E-state index contributed by atoms with van der Waals surface area (Å²) < 4.78 is 1.77. The van der Waals surface area contributed by atoms with Crippen LogP contribution in [0, 0.1) is 6.92 Å². The Labute approximate surface area is 213 Å². The van der Waals surface area contributed by atoms with E-state index < -0.39 is 0 Å². The molecule has 4 aromatic rings. The number of thioether (sulfide) groups is 1. The van der Waals surface area contributed by atoms with Crippen LogP contribution in [0.15, 0.2) is 94.2 Å². The maximum absolute atomic E-state index is 12.4. The Balaban J connectivity index is 1.25. The molecule has 0 radical (unpaired) electrons. The van der Waals surface area contributed by atoms with E-state index in [0.29, 0.717) is 27.9 Å². The monoisotopic (exact) mass is 499 g/mol. The first-order valence-electron chi connectivity index (χ1n) is 11.2. The van der Waals surface area contributed by atoms with Gasteiger partial charge in [0, 0.05) is 18.3 Å². The number of nitrogens with one attached hydrogen (secondary N) is 2. The number of hydrogen-bond acceptors (Lipinski definition) is 7. The molecule has 0 aliphatic carbocycles. The number of azo groups is 1. The summed E-state index contributed by atoms with van der Waals surface area (Å²) in [5.41, 5.74) is 3.65. The first-order valence-corrected chi connectivity index (χ1v) is 12.2. The minimum Gasteiger partial charge on any atom is -0.345 e. The van der Waals surface area contributed by atoms with Gasteiger partial charge in [-0.15, -0.1) is 10.2 Å². The molecule has 36 heavy (non-hydrogen) atoms. The van der Waals surface area contributed by atoms with Gasteiger partial charge in [0.25, 0.3) is 5.91 Å². The van der Waals surface area contributed by atoms with Crippen LogP contribution < -0.4 is 10.6 Å². The second-order valence-corrected chi connectivity index (χ2v) is 8.82. The van der Waals surface area contributed by atoms with E-state index in [1.807, 2.05) is 55.5 Å². The average molecular weight is 500 g/mol. The normalized spacial score (nSPS) is 10.9. The largest absolute Gasteiger partial charge is 0.345 e. The van der Waals surface area contributed by atoms with Crippen LogP contribution in [-0.4, -0.2) is 32.3 Å². The Morgan fingerprint density at radius 2 is 1.56 bits per heavy atom. The quantitative estimate of drug-likeness (QED) is 0.243. The molecule has 0 aliphatic heterocycles. The molecular weight excluding hydrogens is 474 g/mol. The molecular formula is C26H25N7O2S. The number of anilines is 1. The van der Waals surface area contributed by atoms with Crippen molar-refractivity contribution in [1.29, 1.82) is 0 Å². The number of nitrogens with zero attached hydrogens (tertiary/aromatic N) is 5. The summed E-state index contributed by atoms with van der Waals surface area (Å²) in [4.78, 5) is 24.8. The summed E-state index contributed by atoms with van der Waals surface area (Å²) in [6, 6.07) is 24.0. The van der Waals surface area contributed by atoms with Crippen LogP contribution in [0.3, 0.4) is 0 Å². The molecule has 9 nitrogen and oxygen atoms in total. The van der Waals surface area contributed by atoms with E-state index in [0.717, 1.165) is 11.3 Å². The Morgan fingerprint density at radius 1 is 0.889 bits per heavy atom. The molecule has 4 rings (SSSR count). The number of aromatic nitrogens is 3. The highest BCUT2D eigenvalue weighted by molar-refractivity contribution is 7.99. The Morgan fingerprint density at radius 3 is 2.28 bits per heavy atom. The van der Waals surface area contributed by atoms with Gasteiger partial charge < -0.3 is 15.2 Å². The van der Waals surface area contributed by atoms with E-state index in [1.54, 1.807) is 41.9 Å². The number of hydrogen-bond donors (Lipinski definition) is 2. The maximum Gasteiger partial charge on any atom is 0.251 e. The zero-order valence-electron chi connectivity index (χ0n) is 19.9. The summed E-state index contributed by atoms with van der Waals surface area (Å²) in [7, 11) is 1.80. The van der Waals surface area contributed by atoms with Crippen LogP contribution in [0.1, 0.15) is 21.7 Å². The zero-order valence-corrected chi connectivity index (χ0v) is 20.7. The Bertz CT molecular complexity index is 1370. The lowest BCUT2D eigenvalue weighted by atomic mass is 10.1. The van der Waals surface area contributed by atoms with E-state index in [1.165, 1.54) is 11.8 Å². The van der Waals surface area contributed by atoms with Gasteiger partial charge in [0.2, 0.25) is 5.91 Å². The van der Waals surface area contributed by atoms with Crippen molar-refractivity contribution < 1.29 is 9.59 Å². The predicted octanol–water partition coefficient (Wildman–Crippen LogP) is 5.20. The first-order chi connectivity index (χ1) is 17.5. The molecule has 0 aliphatic rings. The number of carbonyl (C=O) groups is 2. The third kappa shape index (κ3) is 6.63. The lowest BCUT2D eigenvalue weighted by molar-refractivity contribution is -0.113. The molecule has 2 amide bonds. The summed E-state index contributed by atoms with van der Waals surface area (Å²) >= 11 is 1.27.